The molecule has 0 spiro atoms. The number of halogens is 3. The summed E-state index contributed by atoms with van der Waals surface area (Å²) in [5, 5.41) is 0. The molecule has 0 radical (unpaired) electrons. The van der Waals surface area contributed by atoms with Gasteiger partial charge in [0.2, 0.25) is 0 Å². The zero-order valence-electron chi connectivity index (χ0n) is 9.91. The van der Waals surface area contributed by atoms with Crippen LogP contribution in [0.4, 0.5) is 13.2 Å². The van der Waals surface area contributed by atoms with E-state index in [1.807, 2.05) is 0 Å². The maximum atomic E-state index is 13.6. The van der Waals surface area contributed by atoms with Crippen molar-refractivity contribution in [1.82, 2.24) is 10.4 Å². The molecule has 19 heavy (non-hydrogen) atoms. The zero-order valence-corrected chi connectivity index (χ0v) is 9.91. The number of hydrazine groups is 1. The van der Waals surface area contributed by atoms with Crippen LogP contribution in [-0.4, -0.2) is 4.98 Å². The molecule has 2 aromatic rings. The summed E-state index contributed by atoms with van der Waals surface area (Å²) in [4.78, 5) is 3.86. The summed E-state index contributed by atoms with van der Waals surface area (Å²) in [5.41, 5.74) is 3.09. The van der Waals surface area contributed by atoms with Gasteiger partial charge in [0.25, 0.3) is 0 Å². The summed E-state index contributed by atoms with van der Waals surface area (Å²) in [5.74, 6) is 3.07. The van der Waals surface area contributed by atoms with Gasteiger partial charge in [0.05, 0.1) is 17.9 Å². The van der Waals surface area contributed by atoms with Gasteiger partial charge in [-0.05, 0) is 30.2 Å². The van der Waals surface area contributed by atoms with Crippen LogP contribution in [0.1, 0.15) is 17.3 Å². The van der Waals surface area contributed by atoms with E-state index in [1.165, 1.54) is 24.3 Å². The van der Waals surface area contributed by atoms with Crippen molar-refractivity contribution in [2.45, 2.75) is 12.5 Å². The Hall–Kier alpha value is -1.92. The molecule has 1 aromatic carbocycles. The van der Waals surface area contributed by atoms with Gasteiger partial charge >= 0.3 is 0 Å². The Kier molecular flexibility index (Phi) is 4.13. The highest BCUT2D eigenvalue weighted by Crippen LogP contribution is 2.19. The first-order chi connectivity index (χ1) is 9.11. The quantitative estimate of drug-likeness (QED) is 0.660. The van der Waals surface area contributed by atoms with E-state index in [2.05, 4.69) is 10.4 Å². The van der Waals surface area contributed by atoms with Crippen LogP contribution in [-0.2, 0) is 6.42 Å². The molecule has 100 valence electrons. The molecule has 0 aliphatic rings. The number of hydrogen-bond acceptors (Lipinski definition) is 3. The lowest BCUT2D eigenvalue weighted by atomic mass is 10.0. The van der Waals surface area contributed by atoms with Crippen LogP contribution in [0.3, 0.4) is 0 Å². The molecule has 0 bridgehead atoms. The van der Waals surface area contributed by atoms with Crippen molar-refractivity contribution in [3.05, 3.63) is 65.2 Å². The molecule has 1 unspecified atom stereocenters. The minimum Gasteiger partial charge on any atom is -0.271 e. The number of rotatable bonds is 4. The summed E-state index contributed by atoms with van der Waals surface area (Å²) in [6, 6.07) is 6.06. The summed E-state index contributed by atoms with van der Waals surface area (Å²) in [6.45, 7) is 0. The highest BCUT2D eigenvalue weighted by molar-refractivity contribution is 5.22. The number of benzene rings is 1. The number of pyridine rings is 1. The average Bonchev–Trinajstić information content (AvgIpc) is 2.42. The predicted octanol–water partition coefficient (Wildman–Crippen LogP) is 2.25. The molecule has 0 amide bonds. The van der Waals surface area contributed by atoms with Crippen LogP contribution in [0.25, 0.3) is 0 Å². The predicted molar refractivity (Wildman–Crippen MR) is 64.3 cm³/mol. The normalized spacial score (nSPS) is 12.4. The van der Waals surface area contributed by atoms with Gasteiger partial charge in [-0.25, -0.2) is 13.2 Å². The smallest absolute Gasteiger partial charge is 0.162 e. The molecule has 3 nitrogen and oxygen atoms in total. The van der Waals surface area contributed by atoms with E-state index >= 15 is 0 Å². The van der Waals surface area contributed by atoms with Gasteiger partial charge in [-0.15, -0.1) is 0 Å². The van der Waals surface area contributed by atoms with Gasteiger partial charge < -0.3 is 0 Å². The van der Waals surface area contributed by atoms with Crippen LogP contribution < -0.4 is 11.3 Å². The monoisotopic (exact) mass is 267 g/mol. The average molecular weight is 267 g/mol. The first-order valence-electron chi connectivity index (χ1n) is 5.62. The van der Waals surface area contributed by atoms with E-state index in [1.54, 1.807) is 0 Å². The fourth-order valence-electron chi connectivity index (χ4n) is 1.77. The highest BCUT2D eigenvalue weighted by atomic mass is 19.2. The maximum Gasteiger partial charge on any atom is 0.162 e. The molecular formula is C13H12F3N3. The van der Waals surface area contributed by atoms with E-state index in [0.29, 0.717) is 5.69 Å². The fourth-order valence-corrected chi connectivity index (χ4v) is 1.77. The molecule has 6 heteroatoms. The second-order valence-electron chi connectivity index (χ2n) is 4.04. The lowest BCUT2D eigenvalue weighted by molar-refractivity contribution is 0.477. The number of nitrogens with zero attached hydrogens (tertiary/aromatic N) is 1. The lowest BCUT2D eigenvalue weighted by Gasteiger charge is -2.15. The van der Waals surface area contributed by atoms with Crippen LogP contribution in [0.2, 0.25) is 0 Å². The Bertz CT molecular complexity index is 558. The van der Waals surface area contributed by atoms with Crippen LogP contribution in [0.5, 0.6) is 0 Å². The molecule has 3 N–H and O–H groups in total. The Morgan fingerprint density at radius 3 is 2.58 bits per heavy atom. The molecule has 1 heterocycles. The lowest BCUT2D eigenvalue weighted by Crippen LogP contribution is -2.30. The highest BCUT2D eigenvalue weighted by Gasteiger charge is 2.16. The van der Waals surface area contributed by atoms with E-state index in [4.69, 9.17) is 5.84 Å². The summed E-state index contributed by atoms with van der Waals surface area (Å²) >= 11 is 0. The SMILES string of the molecule is NNC(Cc1cccc(F)c1F)c1ccc(F)cn1. The third-order valence-corrected chi connectivity index (χ3v) is 2.76. The van der Waals surface area contributed by atoms with Crippen molar-refractivity contribution in [3.8, 4) is 0 Å². The van der Waals surface area contributed by atoms with Crippen molar-refractivity contribution >= 4 is 0 Å². The summed E-state index contributed by atoms with van der Waals surface area (Å²) in [6.07, 6.45) is 1.15. The second kappa shape index (κ2) is 5.81. The summed E-state index contributed by atoms with van der Waals surface area (Å²) in [7, 11) is 0. The zero-order chi connectivity index (χ0) is 13.8. The molecule has 1 atom stereocenters. The number of nitrogens with one attached hydrogen (secondary N) is 1. The van der Waals surface area contributed by atoms with Crippen LogP contribution in [0, 0.1) is 17.5 Å². The molecule has 0 saturated carbocycles. The second-order valence-corrected chi connectivity index (χ2v) is 4.04. The molecule has 0 saturated heterocycles. The van der Waals surface area contributed by atoms with E-state index < -0.39 is 23.5 Å². The van der Waals surface area contributed by atoms with E-state index in [-0.39, 0.29) is 12.0 Å². The third kappa shape index (κ3) is 3.10. The molecule has 0 aliphatic heterocycles. The van der Waals surface area contributed by atoms with Crippen molar-refractivity contribution in [2.75, 3.05) is 0 Å². The van der Waals surface area contributed by atoms with E-state index in [0.717, 1.165) is 12.3 Å². The molecule has 2 rings (SSSR count). The van der Waals surface area contributed by atoms with Crippen LogP contribution in [0.15, 0.2) is 36.5 Å². The van der Waals surface area contributed by atoms with Crippen molar-refractivity contribution < 1.29 is 13.2 Å². The Morgan fingerprint density at radius 1 is 1.16 bits per heavy atom. The van der Waals surface area contributed by atoms with Crippen molar-refractivity contribution in [1.29, 1.82) is 0 Å². The maximum absolute atomic E-state index is 13.6. The Balaban J connectivity index is 2.24. The van der Waals surface area contributed by atoms with Gasteiger partial charge in [0.15, 0.2) is 11.6 Å². The van der Waals surface area contributed by atoms with Gasteiger partial charge in [0, 0.05) is 0 Å². The molecule has 0 fully saturated rings. The molecule has 1 aromatic heterocycles. The largest absolute Gasteiger partial charge is 0.271 e. The standard InChI is InChI=1S/C13H12F3N3/c14-9-4-5-11(18-7-9)12(19-17)6-8-2-1-3-10(15)13(8)16/h1-5,7,12,19H,6,17H2. The number of aromatic nitrogens is 1. The topological polar surface area (TPSA) is 50.9 Å². The van der Waals surface area contributed by atoms with Crippen molar-refractivity contribution in [2.24, 2.45) is 5.84 Å². The summed E-state index contributed by atoms with van der Waals surface area (Å²) < 4.78 is 39.4. The third-order valence-electron chi connectivity index (χ3n) is 2.76. The first-order valence-corrected chi connectivity index (χ1v) is 5.62. The Morgan fingerprint density at radius 2 is 1.95 bits per heavy atom. The Labute approximate surface area is 108 Å². The van der Waals surface area contributed by atoms with Crippen molar-refractivity contribution in [3.63, 3.8) is 0 Å². The fraction of sp³-hybridized carbons (Fsp3) is 0.154. The minimum atomic E-state index is -0.916. The van der Waals surface area contributed by atoms with E-state index in [9.17, 15) is 13.2 Å². The first kappa shape index (κ1) is 13.5. The van der Waals surface area contributed by atoms with Crippen LogP contribution >= 0.6 is 0 Å². The molecule has 0 aliphatic carbocycles. The minimum absolute atomic E-state index is 0.110. The van der Waals surface area contributed by atoms with Gasteiger partial charge in [-0.1, -0.05) is 12.1 Å². The van der Waals surface area contributed by atoms with Gasteiger partial charge in [0.1, 0.15) is 5.82 Å². The molecular weight excluding hydrogens is 255 g/mol. The number of hydrogen-bond donors (Lipinski definition) is 2. The van der Waals surface area contributed by atoms with Gasteiger partial charge in [-0.3, -0.25) is 16.3 Å². The number of nitrogens with two attached hydrogens (primary N) is 1. The van der Waals surface area contributed by atoms with Gasteiger partial charge in [-0.2, -0.15) is 0 Å².